The lowest BCUT2D eigenvalue weighted by Crippen LogP contribution is -2.36. The van der Waals surface area contributed by atoms with Gasteiger partial charge in [0.25, 0.3) is 0 Å². The van der Waals surface area contributed by atoms with Gasteiger partial charge in [0.05, 0.1) is 0 Å². The van der Waals surface area contributed by atoms with E-state index >= 15 is 0 Å². The molecule has 0 radical (unpaired) electrons. The fourth-order valence-corrected chi connectivity index (χ4v) is 1.56. The number of nitrogens with two attached hydrogens (primary N) is 1. The Kier molecular flexibility index (Phi) is 5.28. The molecule has 0 spiro atoms. The molecule has 0 aliphatic carbocycles. The number of benzene rings is 1. The summed E-state index contributed by atoms with van der Waals surface area (Å²) in [6.45, 7) is 4.85. The topological polar surface area (TPSA) is 62.4 Å². The number of hydrogen-bond donors (Lipinski definition) is 3. The van der Waals surface area contributed by atoms with Crippen molar-refractivity contribution in [1.29, 1.82) is 0 Å². The highest BCUT2D eigenvalue weighted by Gasteiger charge is 2.01. The fraction of sp³-hybridized carbons (Fsp3) is 0.364. The minimum Gasteiger partial charge on any atom is -0.325 e. The van der Waals surface area contributed by atoms with E-state index < -0.39 is 0 Å². The third-order valence-corrected chi connectivity index (χ3v) is 2.58. The number of aliphatic imine (C=N–C) groups is 1. The molecule has 0 heterocycles. The Morgan fingerprint density at radius 3 is 2.88 bits per heavy atom. The summed E-state index contributed by atoms with van der Waals surface area (Å²) in [6, 6.07) is 6.02. The van der Waals surface area contributed by atoms with Crippen LogP contribution in [0.2, 0.25) is 0 Å². The van der Waals surface area contributed by atoms with Gasteiger partial charge in [-0.25, -0.2) is 5.84 Å². The lowest BCUT2D eigenvalue weighted by atomic mass is 10.2. The minimum absolute atomic E-state index is 0.586. The molecule has 0 atom stereocenters. The number of guanidine groups is 1. The van der Waals surface area contributed by atoms with Crippen LogP contribution >= 0.6 is 15.9 Å². The first-order chi connectivity index (χ1) is 7.67. The normalized spacial score (nSPS) is 11.4. The van der Waals surface area contributed by atoms with E-state index in [1.807, 2.05) is 25.1 Å². The van der Waals surface area contributed by atoms with Crippen molar-refractivity contribution in [1.82, 2.24) is 5.43 Å². The van der Waals surface area contributed by atoms with E-state index in [4.69, 9.17) is 5.84 Å². The average Bonchev–Trinajstić information content (AvgIpc) is 2.28. The van der Waals surface area contributed by atoms with Crippen LogP contribution < -0.4 is 16.6 Å². The van der Waals surface area contributed by atoms with Gasteiger partial charge in [-0.2, -0.15) is 0 Å². The summed E-state index contributed by atoms with van der Waals surface area (Å²) in [6.07, 6.45) is 0.990. The van der Waals surface area contributed by atoms with Gasteiger partial charge in [-0.15, -0.1) is 0 Å². The lowest BCUT2D eigenvalue weighted by molar-refractivity contribution is 0.905. The van der Waals surface area contributed by atoms with Crippen molar-refractivity contribution >= 4 is 27.6 Å². The predicted molar refractivity (Wildman–Crippen MR) is 72.4 cm³/mol. The molecule has 0 saturated carbocycles. The summed E-state index contributed by atoms with van der Waals surface area (Å²) in [5, 5.41) is 3.16. The quantitative estimate of drug-likeness (QED) is 0.346. The molecule has 1 aromatic rings. The van der Waals surface area contributed by atoms with Gasteiger partial charge in [-0.05, 0) is 31.0 Å². The number of hydrazine groups is 1. The van der Waals surface area contributed by atoms with Crippen molar-refractivity contribution in [3.63, 3.8) is 0 Å². The molecule has 5 heteroatoms. The van der Waals surface area contributed by atoms with E-state index in [-0.39, 0.29) is 0 Å². The van der Waals surface area contributed by atoms with Gasteiger partial charge in [0.1, 0.15) is 0 Å². The van der Waals surface area contributed by atoms with Crippen molar-refractivity contribution in [2.45, 2.75) is 20.3 Å². The van der Waals surface area contributed by atoms with Crippen LogP contribution in [0.15, 0.2) is 27.7 Å². The lowest BCUT2D eigenvalue weighted by Gasteiger charge is -2.11. The van der Waals surface area contributed by atoms with Crippen molar-refractivity contribution < 1.29 is 0 Å². The van der Waals surface area contributed by atoms with Crippen LogP contribution in [0.1, 0.15) is 18.9 Å². The predicted octanol–water partition coefficient (Wildman–Crippen LogP) is 2.40. The Morgan fingerprint density at radius 2 is 2.25 bits per heavy atom. The van der Waals surface area contributed by atoms with Crippen LogP contribution in [0.25, 0.3) is 0 Å². The van der Waals surface area contributed by atoms with Gasteiger partial charge in [0, 0.05) is 16.7 Å². The number of rotatable bonds is 3. The highest BCUT2D eigenvalue weighted by molar-refractivity contribution is 9.10. The zero-order valence-corrected chi connectivity index (χ0v) is 11.1. The maximum atomic E-state index is 5.39. The average molecular weight is 285 g/mol. The molecule has 88 valence electrons. The second kappa shape index (κ2) is 6.50. The molecule has 4 N–H and O–H groups in total. The zero-order valence-electron chi connectivity index (χ0n) is 9.55. The Bertz CT molecular complexity index is 376. The second-order valence-electron chi connectivity index (χ2n) is 3.46. The molecule has 16 heavy (non-hydrogen) atoms. The summed E-state index contributed by atoms with van der Waals surface area (Å²) in [4.78, 5) is 4.28. The summed E-state index contributed by atoms with van der Waals surface area (Å²) in [5.41, 5.74) is 4.69. The van der Waals surface area contributed by atoms with Crippen LogP contribution in [0.5, 0.6) is 0 Å². The fourth-order valence-electron chi connectivity index (χ4n) is 1.20. The van der Waals surface area contributed by atoms with Crippen molar-refractivity contribution in [2.75, 3.05) is 11.9 Å². The maximum Gasteiger partial charge on any atom is 0.210 e. The number of nitrogens with one attached hydrogen (secondary N) is 2. The van der Waals surface area contributed by atoms with E-state index in [0.29, 0.717) is 5.96 Å². The van der Waals surface area contributed by atoms with Gasteiger partial charge in [0.2, 0.25) is 5.96 Å². The highest BCUT2D eigenvalue weighted by atomic mass is 79.9. The Hall–Kier alpha value is -1.07. The van der Waals surface area contributed by atoms with Crippen LogP contribution in [0.4, 0.5) is 5.69 Å². The van der Waals surface area contributed by atoms with E-state index in [1.165, 1.54) is 0 Å². The summed E-state index contributed by atoms with van der Waals surface area (Å²) >= 11 is 3.43. The van der Waals surface area contributed by atoms with E-state index in [9.17, 15) is 0 Å². The number of nitrogens with zero attached hydrogens (tertiary/aromatic N) is 1. The van der Waals surface area contributed by atoms with E-state index in [1.54, 1.807) is 0 Å². The maximum absolute atomic E-state index is 5.39. The van der Waals surface area contributed by atoms with Gasteiger partial charge < -0.3 is 5.32 Å². The molecule has 0 aliphatic heterocycles. The molecule has 0 fully saturated rings. The first-order valence-corrected chi connectivity index (χ1v) is 6.01. The number of aryl methyl sites for hydroxylation is 1. The molecule has 0 aromatic heterocycles. The van der Waals surface area contributed by atoms with Crippen molar-refractivity contribution in [3.8, 4) is 0 Å². The summed E-state index contributed by atoms with van der Waals surface area (Å²) in [5.74, 6) is 5.98. The monoisotopic (exact) mass is 284 g/mol. The second-order valence-corrected chi connectivity index (χ2v) is 4.37. The van der Waals surface area contributed by atoms with Crippen molar-refractivity contribution in [3.05, 3.63) is 28.2 Å². The first kappa shape index (κ1) is 13.0. The van der Waals surface area contributed by atoms with Gasteiger partial charge in [-0.3, -0.25) is 10.4 Å². The standard InChI is InChI=1S/C11H17BrN4/c1-3-6-14-11(16-13)15-10-7-9(12)5-4-8(10)2/h4-5,7H,3,6,13H2,1-2H3,(H2,14,15,16). The Labute approximate surface area is 104 Å². The van der Waals surface area contributed by atoms with E-state index in [0.717, 1.165) is 28.7 Å². The molecule has 0 amide bonds. The Morgan fingerprint density at radius 1 is 1.50 bits per heavy atom. The molecule has 4 nitrogen and oxygen atoms in total. The molecule has 0 bridgehead atoms. The molecule has 0 saturated heterocycles. The van der Waals surface area contributed by atoms with Gasteiger partial charge in [0.15, 0.2) is 0 Å². The van der Waals surface area contributed by atoms with Crippen LogP contribution in [0, 0.1) is 6.92 Å². The van der Waals surface area contributed by atoms with Crippen LogP contribution in [-0.2, 0) is 0 Å². The number of hydrogen-bond acceptors (Lipinski definition) is 2. The van der Waals surface area contributed by atoms with Crippen LogP contribution in [0.3, 0.4) is 0 Å². The number of halogens is 1. The first-order valence-electron chi connectivity index (χ1n) is 5.21. The van der Waals surface area contributed by atoms with E-state index in [2.05, 4.69) is 38.6 Å². The SMILES string of the molecule is CCCN=C(NN)Nc1cc(Br)ccc1C. The van der Waals surface area contributed by atoms with Crippen molar-refractivity contribution in [2.24, 2.45) is 10.8 Å². The molecule has 1 rings (SSSR count). The highest BCUT2D eigenvalue weighted by Crippen LogP contribution is 2.20. The molecular weight excluding hydrogens is 268 g/mol. The summed E-state index contributed by atoms with van der Waals surface area (Å²) < 4.78 is 1.02. The van der Waals surface area contributed by atoms with Crippen LogP contribution in [-0.4, -0.2) is 12.5 Å². The smallest absolute Gasteiger partial charge is 0.210 e. The third-order valence-electron chi connectivity index (χ3n) is 2.08. The van der Waals surface area contributed by atoms with Gasteiger partial charge >= 0.3 is 0 Å². The third kappa shape index (κ3) is 3.83. The minimum atomic E-state index is 0.586. The molecular formula is C11H17BrN4. The van der Waals surface area contributed by atoms with Gasteiger partial charge in [-0.1, -0.05) is 28.9 Å². The zero-order chi connectivity index (χ0) is 12.0. The number of anilines is 1. The molecule has 0 unspecified atom stereocenters. The summed E-state index contributed by atoms with van der Waals surface area (Å²) in [7, 11) is 0. The largest absolute Gasteiger partial charge is 0.325 e. The molecule has 0 aliphatic rings. The molecule has 1 aromatic carbocycles. The Balaban J connectivity index is 2.81.